The zero-order valence-electron chi connectivity index (χ0n) is 11.5. The molecule has 2 aromatic rings. The molecule has 6 nitrogen and oxygen atoms in total. The predicted octanol–water partition coefficient (Wildman–Crippen LogP) is 1.97. The number of hydrogen-bond acceptors (Lipinski definition) is 6. The van der Waals surface area contributed by atoms with Crippen LogP contribution >= 0.6 is 0 Å². The van der Waals surface area contributed by atoms with Gasteiger partial charge in [-0.3, -0.25) is 0 Å². The fourth-order valence-electron chi connectivity index (χ4n) is 2.13. The smallest absolute Gasteiger partial charge is 0.356 e. The molecule has 0 fully saturated rings. The molecule has 0 saturated heterocycles. The molecule has 21 heavy (non-hydrogen) atoms. The van der Waals surface area contributed by atoms with Crippen molar-refractivity contribution < 1.29 is 13.9 Å². The second kappa shape index (κ2) is 4.87. The SMILES string of the molecule is CN(C)c1cc(-c2ccc3c(c2)OCO3)oc(=O)c1C#N. The molecular weight excluding hydrogens is 272 g/mol. The maximum absolute atomic E-state index is 11.9. The highest BCUT2D eigenvalue weighted by atomic mass is 16.7. The minimum atomic E-state index is -0.656. The second-order valence-corrected chi connectivity index (χ2v) is 4.73. The molecule has 0 aliphatic carbocycles. The summed E-state index contributed by atoms with van der Waals surface area (Å²) in [5.74, 6) is 1.63. The minimum Gasteiger partial charge on any atom is -0.454 e. The summed E-state index contributed by atoms with van der Waals surface area (Å²) in [6.07, 6.45) is 0. The Bertz CT molecular complexity index is 802. The Kier molecular flexibility index (Phi) is 3.03. The van der Waals surface area contributed by atoms with E-state index in [2.05, 4.69) is 0 Å². The van der Waals surface area contributed by atoms with Crippen molar-refractivity contribution >= 4 is 5.69 Å². The van der Waals surface area contributed by atoms with Crippen molar-refractivity contribution in [2.45, 2.75) is 0 Å². The number of nitrogens with zero attached hydrogens (tertiary/aromatic N) is 2. The average molecular weight is 284 g/mol. The number of fused-ring (bicyclic) bond motifs is 1. The van der Waals surface area contributed by atoms with E-state index < -0.39 is 5.63 Å². The van der Waals surface area contributed by atoms with Crippen LogP contribution in [-0.2, 0) is 0 Å². The summed E-state index contributed by atoms with van der Waals surface area (Å²) in [6, 6.07) is 8.81. The Morgan fingerprint density at radius 2 is 1.95 bits per heavy atom. The van der Waals surface area contributed by atoms with Gasteiger partial charge in [0.05, 0.1) is 5.69 Å². The van der Waals surface area contributed by atoms with Gasteiger partial charge < -0.3 is 18.8 Å². The van der Waals surface area contributed by atoms with Gasteiger partial charge in [0.25, 0.3) is 0 Å². The van der Waals surface area contributed by atoms with Crippen LogP contribution in [0.15, 0.2) is 33.5 Å². The van der Waals surface area contributed by atoms with Gasteiger partial charge in [-0.25, -0.2) is 4.79 Å². The van der Waals surface area contributed by atoms with E-state index in [1.807, 2.05) is 6.07 Å². The van der Waals surface area contributed by atoms with Crippen molar-refractivity contribution in [3.8, 4) is 28.9 Å². The normalized spacial score (nSPS) is 12.0. The summed E-state index contributed by atoms with van der Waals surface area (Å²) >= 11 is 0. The fourth-order valence-corrected chi connectivity index (χ4v) is 2.13. The van der Waals surface area contributed by atoms with Crippen molar-refractivity contribution in [1.29, 1.82) is 5.26 Å². The number of hydrogen-bond donors (Lipinski definition) is 0. The van der Waals surface area contributed by atoms with Crippen molar-refractivity contribution in [2.75, 3.05) is 25.8 Å². The van der Waals surface area contributed by atoms with E-state index >= 15 is 0 Å². The van der Waals surface area contributed by atoms with E-state index in [0.29, 0.717) is 28.5 Å². The first kappa shape index (κ1) is 13.1. The van der Waals surface area contributed by atoms with Gasteiger partial charge in [-0.1, -0.05) is 0 Å². The van der Waals surface area contributed by atoms with Crippen LogP contribution < -0.4 is 20.0 Å². The van der Waals surface area contributed by atoms with Gasteiger partial charge in [-0.05, 0) is 18.2 Å². The standard InChI is InChI=1S/C15H12N2O4/c1-17(2)11-6-13(21-15(18)10(11)7-16)9-3-4-12-14(5-9)20-8-19-12/h3-6H,8H2,1-2H3. The first-order valence-electron chi connectivity index (χ1n) is 6.25. The monoisotopic (exact) mass is 284 g/mol. The van der Waals surface area contributed by atoms with Crippen LogP contribution in [-0.4, -0.2) is 20.9 Å². The molecule has 1 aliphatic rings. The largest absolute Gasteiger partial charge is 0.454 e. The highest BCUT2D eigenvalue weighted by Gasteiger charge is 2.18. The van der Waals surface area contributed by atoms with Gasteiger partial charge in [0.15, 0.2) is 17.1 Å². The first-order chi connectivity index (χ1) is 10.1. The van der Waals surface area contributed by atoms with Gasteiger partial charge in [-0.2, -0.15) is 5.26 Å². The summed E-state index contributed by atoms with van der Waals surface area (Å²) in [7, 11) is 3.53. The zero-order chi connectivity index (χ0) is 15.0. The molecule has 0 spiro atoms. The Morgan fingerprint density at radius 3 is 2.67 bits per heavy atom. The van der Waals surface area contributed by atoms with E-state index in [4.69, 9.17) is 19.2 Å². The molecule has 0 bridgehead atoms. The van der Waals surface area contributed by atoms with Crippen molar-refractivity contribution in [2.24, 2.45) is 0 Å². The minimum absolute atomic E-state index is 0.00973. The third kappa shape index (κ3) is 2.19. The predicted molar refractivity (Wildman–Crippen MR) is 75.6 cm³/mol. The van der Waals surface area contributed by atoms with Crippen molar-refractivity contribution in [1.82, 2.24) is 0 Å². The van der Waals surface area contributed by atoms with Gasteiger partial charge in [0, 0.05) is 25.7 Å². The lowest BCUT2D eigenvalue weighted by Gasteiger charge is -2.14. The molecule has 0 radical (unpaired) electrons. The molecule has 0 atom stereocenters. The van der Waals surface area contributed by atoms with Gasteiger partial charge in [0.2, 0.25) is 6.79 Å². The summed E-state index contributed by atoms with van der Waals surface area (Å²) < 4.78 is 15.8. The third-order valence-electron chi connectivity index (χ3n) is 3.18. The molecular formula is C15H12N2O4. The number of anilines is 1. The number of benzene rings is 1. The third-order valence-corrected chi connectivity index (χ3v) is 3.18. The molecule has 0 N–H and O–H groups in total. The maximum Gasteiger partial charge on any atom is 0.356 e. The van der Waals surface area contributed by atoms with Gasteiger partial charge in [-0.15, -0.1) is 0 Å². The van der Waals surface area contributed by atoms with Crippen molar-refractivity contribution in [3.63, 3.8) is 0 Å². The Labute approximate surface area is 120 Å². The summed E-state index contributed by atoms with van der Waals surface area (Å²) in [5, 5.41) is 9.06. The summed E-state index contributed by atoms with van der Waals surface area (Å²) in [5.41, 5.74) is 0.534. The molecule has 1 aromatic heterocycles. The van der Waals surface area contributed by atoms with E-state index in [0.717, 1.165) is 0 Å². The highest BCUT2D eigenvalue weighted by molar-refractivity contribution is 5.69. The topological polar surface area (TPSA) is 75.7 Å². The summed E-state index contributed by atoms with van der Waals surface area (Å²) in [6.45, 7) is 0.180. The van der Waals surface area contributed by atoms with Crippen molar-refractivity contribution in [3.05, 3.63) is 40.2 Å². The molecule has 0 amide bonds. The molecule has 3 rings (SSSR count). The molecule has 1 aliphatic heterocycles. The van der Waals surface area contributed by atoms with Crippen LogP contribution in [0.5, 0.6) is 11.5 Å². The number of nitriles is 1. The molecule has 106 valence electrons. The maximum atomic E-state index is 11.9. The quantitative estimate of drug-likeness (QED) is 0.839. The molecule has 6 heteroatoms. The lowest BCUT2D eigenvalue weighted by molar-refractivity contribution is 0.174. The fraction of sp³-hybridized carbons (Fsp3) is 0.200. The number of ether oxygens (including phenoxy) is 2. The Morgan fingerprint density at radius 1 is 1.19 bits per heavy atom. The first-order valence-corrected chi connectivity index (χ1v) is 6.25. The summed E-state index contributed by atoms with van der Waals surface area (Å²) in [4.78, 5) is 13.6. The average Bonchev–Trinajstić information content (AvgIpc) is 2.93. The van der Waals surface area contributed by atoms with Crippen LogP contribution in [0, 0.1) is 11.3 Å². The van der Waals surface area contributed by atoms with E-state index in [-0.39, 0.29) is 12.4 Å². The highest BCUT2D eigenvalue weighted by Crippen LogP contribution is 2.36. The Hall–Kier alpha value is -2.94. The van der Waals surface area contributed by atoms with E-state index in [1.165, 1.54) is 0 Å². The lowest BCUT2D eigenvalue weighted by Crippen LogP contribution is -2.16. The molecule has 0 saturated carbocycles. The molecule has 2 heterocycles. The van der Waals surface area contributed by atoms with E-state index in [1.54, 1.807) is 43.3 Å². The van der Waals surface area contributed by atoms with Gasteiger partial charge >= 0.3 is 5.63 Å². The van der Waals surface area contributed by atoms with Crippen LogP contribution in [0.2, 0.25) is 0 Å². The van der Waals surface area contributed by atoms with E-state index in [9.17, 15) is 4.79 Å². The lowest BCUT2D eigenvalue weighted by atomic mass is 10.1. The van der Waals surface area contributed by atoms with Crippen LogP contribution in [0.25, 0.3) is 11.3 Å². The van der Waals surface area contributed by atoms with Crippen LogP contribution in [0.4, 0.5) is 5.69 Å². The van der Waals surface area contributed by atoms with Gasteiger partial charge in [0.1, 0.15) is 11.8 Å². The second-order valence-electron chi connectivity index (χ2n) is 4.73. The number of rotatable bonds is 2. The van der Waals surface area contributed by atoms with Crippen LogP contribution in [0.3, 0.4) is 0 Å². The van der Waals surface area contributed by atoms with Crippen LogP contribution in [0.1, 0.15) is 5.56 Å². The molecule has 1 aromatic carbocycles. The molecule has 0 unspecified atom stereocenters. The Balaban J connectivity index is 2.15. The zero-order valence-corrected chi connectivity index (χ0v) is 11.5.